The van der Waals surface area contributed by atoms with E-state index in [-0.39, 0.29) is 0 Å². The highest BCUT2D eigenvalue weighted by atomic mass is 32.1. The first-order valence-electron chi connectivity index (χ1n) is 7.24. The van der Waals surface area contributed by atoms with Crippen molar-refractivity contribution in [2.75, 3.05) is 36.0 Å². The lowest BCUT2D eigenvalue weighted by Gasteiger charge is -2.36. The Kier molecular flexibility index (Phi) is 3.92. The molecule has 7 heteroatoms. The molecule has 1 fully saturated rings. The van der Waals surface area contributed by atoms with Gasteiger partial charge in [-0.05, 0) is 38.2 Å². The van der Waals surface area contributed by atoms with E-state index in [1.54, 1.807) is 0 Å². The minimum atomic E-state index is 0.306. The van der Waals surface area contributed by atoms with Crippen LogP contribution in [0.1, 0.15) is 19.9 Å². The Morgan fingerprint density at radius 2 is 1.86 bits per heavy atom. The van der Waals surface area contributed by atoms with Crippen LogP contribution in [0.3, 0.4) is 0 Å². The summed E-state index contributed by atoms with van der Waals surface area (Å²) in [4.78, 5) is 9.00. The lowest BCUT2D eigenvalue weighted by molar-refractivity contribution is 0.559. The fourth-order valence-corrected chi connectivity index (χ4v) is 3.00. The molecule has 1 N–H and O–H groups in total. The van der Waals surface area contributed by atoms with Gasteiger partial charge in [-0.1, -0.05) is 6.07 Å². The summed E-state index contributed by atoms with van der Waals surface area (Å²) in [5.74, 6) is 1.98. The molecule has 1 aliphatic heterocycles. The molecular weight excluding hydrogens is 284 g/mol. The summed E-state index contributed by atoms with van der Waals surface area (Å²) >= 11 is 5.32. The topological polar surface area (TPSA) is 53.0 Å². The van der Waals surface area contributed by atoms with Crippen LogP contribution in [-0.4, -0.2) is 45.9 Å². The number of rotatable bonds is 3. The van der Waals surface area contributed by atoms with Crippen molar-refractivity contribution in [3.63, 3.8) is 0 Å². The minimum Gasteiger partial charge on any atom is -0.353 e. The molecular formula is C14H20N6S. The molecule has 0 saturated carbocycles. The maximum atomic E-state index is 5.32. The summed E-state index contributed by atoms with van der Waals surface area (Å²) in [7, 11) is 0. The molecule has 2 aromatic heterocycles. The summed E-state index contributed by atoms with van der Waals surface area (Å²) in [6, 6.07) is 6.33. The fourth-order valence-electron chi connectivity index (χ4n) is 2.66. The van der Waals surface area contributed by atoms with Crippen LogP contribution in [0.2, 0.25) is 0 Å². The molecule has 1 aliphatic rings. The first-order valence-corrected chi connectivity index (χ1v) is 7.65. The van der Waals surface area contributed by atoms with Crippen molar-refractivity contribution in [1.29, 1.82) is 0 Å². The van der Waals surface area contributed by atoms with Crippen LogP contribution < -0.4 is 9.80 Å². The molecule has 21 heavy (non-hydrogen) atoms. The van der Waals surface area contributed by atoms with Crippen LogP contribution >= 0.6 is 12.2 Å². The predicted octanol–water partition coefficient (Wildman–Crippen LogP) is 2.24. The first-order chi connectivity index (χ1) is 10.2. The second-order valence-corrected chi connectivity index (χ2v) is 5.84. The number of nitrogens with zero attached hydrogens (tertiary/aromatic N) is 5. The Balaban J connectivity index is 1.73. The van der Waals surface area contributed by atoms with E-state index in [1.807, 2.05) is 18.3 Å². The highest BCUT2D eigenvalue weighted by molar-refractivity contribution is 7.71. The van der Waals surface area contributed by atoms with E-state index < -0.39 is 0 Å². The zero-order valence-corrected chi connectivity index (χ0v) is 13.2. The van der Waals surface area contributed by atoms with Crippen molar-refractivity contribution < 1.29 is 0 Å². The second-order valence-electron chi connectivity index (χ2n) is 5.45. The summed E-state index contributed by atoms with van der Waals surface area (Å²) in [5, 5.41) is 7.30. The Hall–Kier alpha value is -1.89. The SMILES string of the molecule is CC(C)n1c(N2CCN(c3ccccn3)CC2)n[nH]c1=S. The normalized spacial score (nSPS) is 15.8. The number of piperazine rings is 1. The van der Waals surface area contributed by atoms with E-state index >= 15 is 0 Å². The smallest absolute Gasteiger partial charge is 0.226 e. The quantitative estimate of drug-likeness (QED) is 0.881. The molecule has 112 valence electrons. The van der Waals surface area contributed by atoms with Crippen molar-refractivity contribution in [2.24, 2.45) is 0 Å². The van der Waals surface area contributed by atoms with Crippen LogP contribution in [0.5, 0.6) is 0 Å². The third-order valence-corrected chi connectivity index (χ3v) is 4.03. The van der Waals surface area contributed by atoms with Gasteiger partial charge in [-0.15, -0.1) is 5.10 Å². The van der Waals surface area contributed by atoms with Crippen LogP contribution in [0.25, 0.3) is 0 Å². The summed E-state index contributed by atoms with van der Waals surface area (Å²) < 4.78 is 2.76. The molecule has 0 aromatic carbocycles. The Morgan fingerprint density at radius 3 is 2.48 bits per heavy atom. The van der Waals surface area contributed by atoms with E-state index in [1.165, 1.54) is 0 Å². The van der Waals surface area contributed by atoms with Gasteiger partial charge in [-0.3, -0.25) is 4.57 Å². The first kappa shape index (κ1) is 14.1. The molecule has 0 unspecified atom stereocenters. The standard InChI is InChI=1S/C14H20N6S/c1-11(2)20-13(16-17-14(20)21)19-9-7-18(8-10-19)12-5-3-4-6-15-12/h3-6,11H,7-10H2,1-2H3,(H,17,21). The van der Waals surface area contributed by atoms with Gasteiger partial charge in [-0.2, -0.15) is 0 Å². The van der Waals surface area contributed by atoms with Crippen molar-refractivity contribution in [2.45, 2.75) is 19.9 Å². The Morgan fingerprint density at radius 1 is 1.14 bits per heavy atom. The lowest BCUT2D eigenvalue weighted by Crippen LogP contribution is -2.47. The van der Waals surface area contributed by atoms with E-state index in [0.29, 0.717) is 10.8 Å². The van der Waals surface area contributed by atoms with Crippen molar-refractivity contribution in [1.82, 2.24) is 19.7 Å². The summed E-state index contributed by atoms with van der Waals surface area (Å²) in [6.07, 6.45) is 1.84. The fraction of sp³-hybridized carbons (Fsp3) is 0.500. The van der Waals surface area contributed by atoms with E-state index in [0.717, 1.165) is 37.9 Å². The molecule has 3 heterocycles. The third kappa shape index (κ3) is 2.78. The van der Waals surface area contributed by atoms with E-state index in [4.69, 9.17) is 12.2 Å². The number of H-pyrrole nitrogens is 1. The molecule has 3 rings (SSSR count). The highest BCUT2D eigenvalue weighted by Crippen LogP contribution is 2.20. The number of aromatic nitrogens is 4. The number of anilines is 2. The van der Waals surface area contributed by atoms with Gasteiger partial charge in [0.2, 0.25) is 5.95 Å². The molecule has 0 radical (unpaired) electrons. The maximum Gasteiger partial charge on any atom is 0.226 e. The number of hydrogen-bond acceptors (Lipinski definition) is 5. The zero-order valence-electron chi connectivity index (χ0n) is 12.4. The third-order valence-electron chi connectivity index (χ3n) is 3.74. The molecule has 0 amide bonds. The molecule has 6 nitrogen and oxygen atoms in total. The van der Waals surface area contributed by atoms with E-state index in [9.17, 15) is 0 Å². The maximum absolute atomic E-state index is 5.32. The number of pyridine rings is 1. The molecule has 0 aliphatic carbocycles. The number of aromatic amines is 1. The Labute approximate surface area is 129 Å². The molecule has 2 aromatic rings. The average Bonchev–Trinajstić information content (AvgIpc) is 2.90. The van der Waals surface area contributed by atoms with Gasteiger partial charge in [0.15, 0.2) is 4.77 Å². The van der Waals surface area contributed by atoms with Crippen molar-refractivity contribution in [3.05, 3.63) is 29.2 Å². The van der Waals surface area contributed by atoms with Gasteiger partial charge in [0.25, 0.3) is 0 Å². The number of hydrogen-bond donors (Lipinski definition) is 1. The summed E-state index contributed by atoms with van der Waals surface area (Å²) in [5.41, 5.74) is 0. The van der Waals surface area contributed by atoms with Gasteiger partial charge >= 0.3 is 0 Å². The van der Waals surface area contributed by atoms with E-state index in [2.05, 4.69) is 49.5 Å². The second kappa shape index (κ2) is 5.85. The van der Waals surface area contributed by atoms with Gasteiger partial charge in [0, 0.05) is 38.4 Å². The molecule has 0 spiro atoms. The van der Waals surface area contributed by atoms with Gasteiger partial charge in [-0.25, -0.2) is 10.1 Å². The molecule has 0 bridgehead atoms. The largest absolute Gasteiger partial charge is 0.353 e. The van der Waals surface area contributed by atoms with Crippen molar-refractivity contribution in [3.8, 4) is 0 Å². The lowest BCUT2D eigenvalue weighted by atomic mass is 10.3. The zero-order chi connectivity index (χ0) is 14.8. The van der Waals surface area contributed by atoms with Crippen LogP contribution in [-0.2, 0) is 0 Å². The number of nitrogens with one attached hydrogen (secondary N) is 1. The monoisotopic (exact) mass is 304 g/mol. The highest BCUT2D eigenvalue weighted by Gasteiger charge is 2.22. The molecule has 1 saturated heterocycles. The van der Waals surface area contributed by atoms with Crippen LogP contribution in [0, 0.1) is 4.77 Å². The van der Waals surface area contributed by atoms with Gasteiger partial charge in [0.05, 0.1) is 0 Å². The Bertz CT molecular complexity index is 639. The average molecular weight is 304 g/mol. The molecule has 0 atom stereocenters. The summed E-state index contributed by atoms with van der Waals surface area (Å²) in [6.45, 7) is 7.97. The van der Waals surface area contributed by atoms with Gasteiger partial charge < -0.3 is 9.80 Å². The predicted molar refractivity (Wildman–Crippen MR) is 86.5 cm³/mol. The minimum absolute atomic E-state index is 0.306. The van der Waals surface area contributed by atoms with Crippen molar-refractivity contribution >= 4 is 24.0 Å². The van der Waals surface area contributed by atoms with Crippen LogP contribution in [0.4, 0.5) is 11.8 Å². The van der Waals surface area contributed by atoms with Crippen LogP contribution in [0.15, 0.2) is 24.4 Å². The van der Waals surface area contributed by atoms with Gasteiger partial charge in [0.1, 0.15) is 5.82 Å².